The molecule has 0 saturated heterocycles. The Morgan fingerprint density at radius 2 is 2.00 bits per heavy atom. The fourth-order valence-corrected chi connectivity index (χ4v) is 2.73. The van der Waals surface area contributed by atoms with Gasteiger partial charge >= 0.3 is 0 Å². The molecule has 0 spiro atoms. The number of aromatic nitrogens is 2. The second kappa shape index (κ2) is 4.82. The summed E-state index contributed by atoms with van der Waals surface area (Å²) in [6.07, 6.45) is 11.6. The summed E-state index contributed by atoms with van der Waals surface area (Å²) in [7, 11) is 0. The summed E-state index contributed by atoms with van der Waals surface area (Å²) in [5, 5.41) is 0. The van der Waals surface area contributed by atoms with Crippen LogP contribution in [0.1, 0.15) is 39.5 Å². The first-order valence-corrected chi connectivity index (χ1v) is 6.21. The van der Waals surface area contributed by atoms with Crippen molar-refractivity contribution in [2.45, 2.75) is 46.1 Å². The molecule has 0 bridgehead atoms. The molecule has 1 fully saturated rings. The smallest absolute Gasteiger partial charge is 0.0945 e. The molecule has 1 aliphatic rings. The Balaban J connectivity index is 1.79. The van der Waals surface area contributed by atoms with E-state index in [1.807, 2.05) is 12.5 Å². The lowest BCUT2D eigenvalue weighted by Gasteiger charge is -2.30. The molecule has 0 atom stereocenters. The van der Waals surface area contributed by atoms with Gasteiger partial charge in [-0.3, -0.25) is 0 Å². The van der Waals surface area contributed by atoms with E-state index in [4.69, 9.17) is 0 Å². The Kier molecular flexibility index (Phi) is 3.45. The highest BCUT2D eigenvalue weighted by Gasteiger charge is 2.23. The first-order chi connectivity index (χ1) is 7.25. The van der Waals surface area contributed by atoms with Crippen LogP contribution in [-0.4, -0.2) is 9.55 Å². The highest BCUT2D eigenvalue weighted by atomic mass is 15.0. The van der Waals surface area contributed by atoms with Gasteiger partial charge in [0.15, 0.2) is 0 Å². The van der Waals surface area contributed by atoms with E-state index in [9.17, 15) is 0 Å². The van der Waals surface area contributed by atoms with E-state index in [1.54, 1.807) is 0 Å². The average Bonchev–Trinajstić information content (AvgIpc) is 2.71. The maximum atomic E-state index is 4.09. The monoisotopic (exact) mass is 206 g/mol. The van der Waals surface area contributed by atoms with Gasteiger partial charge in [-0.2, -0.15) is 0 Å². The van der Waals surface area contributed by atoms with Crippen molar-refractivity contribution in [2.24, 2.45) is 17.8 Å². The summed E-state index contributed by atoms with van der Waals surface area (Å²) < 4.78 is 2.22. The summed E-state index contributed by atoms with van der Waals surface area (Å²) in [6.45, 7) is 5.90. The van der Waals surface area contributed by atoms with E-state index in [0.29, 0.717) is 0 Å². The highest BCUT2D eigenvalue weighted by Crippen LogP contribution is 2.33. The fourth-order valence-electron chi connectivity index (χ4n) is 2.73. The molecule has 1 aliphatic carbocycles. The molecule has 1 saturated carbocycles. The van der Waals surface area contributed by atoms with Crippen molar-refractivity contribution in [3.05, 3.63) is 18.7 Å². The number of rotatable bonds is 3. The van der Waals surface area contributed by atoms with Crippen LogP contribution in [0.4, 0.5) is 0 Å². The van der Waals surface area contributed by atoms with Crippen LogP contribution < -0.4 is 0 Å². The van der Waals surface area contributed by atoms with E-state index >= 15 is 0 Å². The molecule has 0 unspecified atom stereocenters. The fraction of sp³-hybridized carbons (Fsp3) is 0.769. The van der Waals surface area contributed by atoms with Crippen LogP contribution in [-0.2, 0) is 6.54 Å². The van der Waals surface area contributed by atoms with Crippen LogP contribution in [0.5, 0.6) is 0 Å². The van der Waals surface area contributed by atoms with Gasteiger partial charge in [-0.1, -0.05) is 13.8 Å². The van der Waals surface area contributed by atoms with Crippen molar-refractivity contribution in [2.75, 3.05) is 0 Å². The van der Waals surface area contributed by atoms with E-state index in [-0.39, 0.29) is 0 Å². The zero-order valence-corrected chi connectivity index (χ0v) is 9.89. The number of imidazole rings is 1. The van der Waals surface area contributed by atoms with Crippen LogP contribution in [0.15, 0.2) is 18.7 Å². The maximum Gasteiger partial charge on any atom is 0.0945 e. The first kappa shape index (κ1) is 10.7. The van der Waals surface area contributed by atoms with Crippen LogP contribution in [0.2, 0.25) is 0 Å². The molecule has 1 aromatic heterocycles. The predicted molar refractivity (Wildman–Crippen MR) is 62.5 cm³/mol. The summed E-state index contributed by atoms with van der Waals surface area (Å²) in [5.74, 6) is 2.73. The molecule has 1 aromatic rings. The zero-order chi connectivity index (χ0) is 10.7. The molecule has 1 heterocycles. The van der Waals surface area contributed by atoms with Gasteiger partial charge in [-0.15, -0.1) is 0 Å². The first-order valence-electron chi connectivity index (χ1n) is 6.21. The molecule has 15 heavy (non-hydrogen) atoms. The molecule has 84 valence electrons. The topological polar surface area (TPSA) is 17.8 Å². The number of hydrogen-bond acceptors (Lipinski definition) is 1. The summed E-state index contributed by atoms with van der Waals surface area (Å²) in [4.78, 5) is 4.09. The molecule has 0 radical (unpaired) electrons. The lowest BCUT2D eigenvalue weighted by atomic mass is 9.77. The van der Waals surface area contributed by atoms with Crippen LogP contribution >= 0.6 is 0 Å². The predicted octanol–water partition coefficient (Wildman–Crippen LogP) is 3.35. The van der Waals surface area contributed by atoms with Crippen molar-refractivity contribution < 1.29 is 0 Å². The standard InChI is InChI=1S/C13H22N2/c1-11(2)13-5-3-12(4-6-13)9-15-8-7-14-10-15/h7-8,10-13H,3-6,9H2,1-2H3. The van der Waals surface area contributed by atoms with Crippen molar-refractivity contribution in [3.63, 3.8) is 0 Å². The van der Waals surface area contributed by atoms with Crippen molar-refractivity contribution in [3.8, 4) is 0 Å². The van der Waals surface area contributed by atoms with Crippen LogP contribution in [0.3, 0.4) is 0 Å². The van der Waals surface area contributed by atoms with Gasteiger partial charge in [-0.25, -0.2) is 4.98 Å². The van der Waals surface area contributed by atoms with Gasteiger partial charge < -0.3 is 4.57 Å². The molecule has 0 aromatic carbocycles. The van der Waals surface area contributed by atoms with Crippen molar-refractivity contribution in [1.29, 1.82) is 0 Å². The quantitative estimate of drug-likeness (QED) is 0.741. The Bertz CT molecular complexity index is 269. The highest BCUT2D eigenvalue weighted by molar-refractivity contribution is 4.79. The van der Waals surface area contributed by atoms with Gasteiger partial charge in [0.2, 0.25) is 0 Å². The minimum atomic E-state index is 0.874. The molecule has 0 aliphatic heterocycles. The van der Waals surface area contributed by atoms with Gasteiger partial charge in [0.25, 0.3) is 0 Å². The largest absolute Gasteiger partial charge is 0.337 e. The van der Waals surface area contributed by atoms with E-state index in [2.05, 4.69) is 29.6 Å². The lowest BCUT2D eigenvalue weighted by Crippen LogP contribution is -2.21. The third-order valence-corrected chi connectivity index (χ3v) is 3.86. The minimum Gasteiger partial charge on any atom is -0.337 e. The molecule has 0 amide bonds. The number of nitrogens with zero attached hydrogens (tertiary/aromatic N) is 2. The van der Waals surface area contributed by atoms with Crippen LogP contribution in [0, 0.1) is 17.8 Å². The van der Waals surface area contributed by atoms with Crippen LogP contribution in [0.25, 0.3) is 0 Å². The average molecular weight is 206 g/mol. The second-order valence-corrected chi connectivity index (χ2v) is 5.28. The van der Waals surface area contributed by atoms with Gasteiger partial charge in [0.1, 0.15) is 0 Å². The van der Waals surface area contributed by atoms with Gasteiger partial charge in [0, 0.05) is 18.9 Å². The maximum absolute atomic E-state index is 4.09. The Morgan fingerprint density at radius 1 is 1.27 bits per heavy atom. The zero-order valence-electron chi connectivity index (χ0n) is 9.89. The van der Waals surface area contributed by atoms with E-state index < -0.39 is 0 Å². The summed E-state index contributed by atoms with van der Waals surface area (Å²) in [6, 6.07) is 0. The van der Waals surface area contributed by atoms with Crippen molar-refractivity contribution >= 4 is 0 Å². The summed E-state index contributed by atoms with van der Waals surface area (Å²) in [5.41, 5.74) is 0. The molecule has 2 nitrogen and oxygen atoms in total. The number of hydrogen-bond donors (Lipinski definition) is 0. The molecular weight excluding hydrogens is 184 g/mol. The van der Waals surface area contributed by atoms with Gasteiger partial charge in [-0.05, 0) is 43.4 Å². The third kappa shape index (κ3) is 2.83. The Labute approximate surface area is 92.7 Å². The Morgan fingerprint density at radius 3 is 2.53 bits per heavy atom. The normalized spacial score (nSPS) is 27.1. The molecular formula is C13H22N2. The second-order valence-electron chi connectivity index (χ2n) is 5.28. The van der Waals surface area contributed by atoms with E-state index in [0.717, 1.165) is 17.8 Å². The molecule has 2 heteroatoms. The minimum absolute atomic E-state index is 0.874. The SMILES string of the molecule is CC(C)C1CCC(Cn2ccnc2)CC1. The van der Waals surface area contributed by atoms with Crippen molar-refractivity contribution in [1.82, 2.24) is 9.55 Å². The van der Waals surface area contributed by atoms with E-state index in [1.165, 1.54) is 32.2 Å². The van der Waals surface area contributed by atoms with Gasteiger partial charge in [0.05, 0.1) is 6.33 Å². The molecule has 2 rings (SSSR count). The lowest BCUT2D eigenvalue weighted by molar-refractivity contribution is 0.209. The Hall–Kier alpha value is -0.790. The third-order valence-electron chi connectivity index (χ3n) is 3.86. The summed E-state index contributed by atoms with van der Waals surface area (Å²) >= 11 is 0. The molecule has 0 N–H and O–H groups in total.